The molecular weight excluding hydrogens is 398 g/mol. The first kappa shape index (κ1) is 22.7. The number of anilines is 1. The van der Waals surface area contributed by atoms with Crippen molar-refractivity contribution < 1.29 is 9.84 Å². The van der Waals surface area contributed by atoms with Crippen LogP contribution in [0.1, 0.15) is 43.2 Å². The monoisotopic (exact) mass is 433 g/mol. The van der Waals surface area contributed by atoms with E-state index in [4.69, 9.17) is 4.74 Å². The Morgan fingerprint density at radius 3 is 2.81 bits per heavy atom. The lowest BCUT2D eigenvalue weighted by molar-refractivity contribution is 0.00501. The average molecular weight is 434 g/mol. The number of hydrogen-bond donors (Lipinski definition) is 2. The minimum atomic E-state index is -0.465. The van der Waals surface area contributed by atoms with Crippen molar-refractivity contribution in [2.75, 3.05) is 25.5 Å². The molecule has 4 rings (SSSR count). The molecule has 1 aliphatic rings. The maximum Gasteiger partial charge on any atom is 0.0900 e. The second kappa shape index (κ2) is 11.4. The summed E-state index contributed by atoms with van der Waals surface area (Å²) in [5.74, 6) is 0. The van der Waals surface area contributed by atoms with Gasteiger partial charge in [-0.1, -0.05) is 49.6 Å². The molecule has 1 fully saturated rings. The van der Waals surface area contributed by atoms with Crippen LogP contribution in [0.5, 0.6) is 0 Å². The first-order valence-electron chi connectivity index (χ1n) is 11.8. The molecule has 170 valence electrons. The molecule has 1 atom stereocenters. The van der Waals surface area contributed by atoms with E-state index in [-0.39, 0.29) is 0 Å². The highest BCUT2D eigenvalue weighted by Crippen LogP contribution is 2.22. The quantitative estimate of drug-likeness (QED) is 0.472. The molecule has 0 aliphatic heterocycles. The molecule has 0 saturated heterocycles. The van der Waals surface area contributed by atoms with Gasteiger partial charge in [0.05, 0.1) is 24.8 Å². The van der Waals surface area contributed by atoms with Gasteiger partial charge >= 0.3 is 0 Å². The molecule has 3 aromatic rings. The molecule has 5 heteroatoms. The minimum Gasteiger partial charge on any atom is -0.389 e. The topological polar surface area (TPSA) is 57.6 Å². The lowest BCUT2D eigenvalue weighted by atomic mass is 9.94. The number of likely N-dealkylation sites (N-methyl/N-ethyl adjacent to an activating group) is 1. The zero-order chi connectivity index (χ0) is 22.2. The Morgan fingerprint density at radius 2 is 1.94 bits per heavy atom. The first-order valence-corrected chi connectivity index (χ1v) is 11.8. The molecule has 0 radical (unpaired) electrons. The van der Waals surface area contributed by atoms with Gasteiger partial charge < -0.3 is 20.1 Å². The predicted octanol–water partition coefficient (Wildman–Crippen LogP) is 4.99. The summed E-state index contributed by atoms with van der Waals surface area (Å²) in [6.07, 6.45) is 7.81. The van der Waals surface area contributed by atoms with Crippen LogP contribution in [0, 0.1) is 0 Å². The van der Waals surface area contributed by atoms with Gasteiger partial charge in [0.1, 0.15) is 0 Å². The van der Waals surface area contributed by atoms with Crippen LogP contribution in [-0.2, 0) is 17.9 Å². The fourth-order valence-corrected chi connectivity index (χ4v) is 4.61. The number of aliphatic hydroxyl groups excluding tert-OH is 1. The summed E-state index contributed by atoms with van der Waals surface area (Å²) < 4.78 is 5.90. The number of rotatable bonds is 10. The van der Waals surface area contributed by atoms with Crippen molar-refractivity contribution >= 4 is 16.6 Å². The third-order valence-electron chi connectivity index (χ3n) is 6.43. The van der Waals surface area contributed by atoms with E-state index < -0.39 is 6.10 Å². The summed E-state index contributed by atoms with van der Waals surface area (Å²) in [5.41, 5.74) is 4.38. The van der Waals surface area contributed by atoms with Crippen molar-refractivity contribution in [2.24, 2.45) is 0 Å². The Kier molecular flexibility index (Phi) is 8.10. The van der Waals surface area contributed by atoms with Gasteiger partial charge in [-0.15, -0.1) is 0 Å². The third-order valence-corrected chi connectivity index (χ3v) is 6.43. The standard InChI is InChI=1S/C27H35N3O2/c1-30(24-10-3-2-4-11-24)18-25(31)20-32-19-23-8-5-6-12-26(23)29-17-21-13-14-27-22(16-21)9-7-15-28-27/h5-9,12-16,24-25,29,31H,2-4,10-11,17-20H2,1H3. The molecule has 1 heterocycles. The van der Waals surface area contributed by atoms with Gasteiger partial charge in [-0.2, -0.15) is 0 Å². The van der Waals surface area contributed by atoms with E-state index in [0.29, 0.717) is 25.8 Å². The zero-order valence-electron chi connectivity index (χ0n) is 19.0. The molecule has 2 N–H and O–H groups in total. The third kappa shape index (κ3) is 6.28. The Balaban J connectivity index is 1.26. The molecule has 1 aliphatic carbocycles. The molecule has 0 bridgehead atoms. The number of ether oxygens (including phenoxy) is 1. The average Bonchev–Trinajstić information content (AvgIpc) is 2.84. The van der Waals surface area contributed by atoms with Crippen molar-refractivity contribution in [1.29, 1.82) is 0 Å². The molecule has 1 unspecified atom stereocenters. The van der Waals surface area contributed by atoms with Crippen molar-refractivity contribution in [3.05, 3.63) is 71.9 Å². The lowest BCUT2D eigenvalue weighted by Gasteiger charge is -2.32. The number of fused-ring (bicyclic) bond motifs is 1. The number of aliphatic hydroxyl groups is 1. The summed E-state index contributed by atoms with van der Waals surface area (Å²) in [4.78, 5) is 6.69. The Morgan fingerprint density at radius 1 is 1.09 bits per heavy atom. The van der Waals surface area contributed by atoms with E-state index in [1.54, 1.807) is 0 Å². The van der Waals surface area contributed by atoms with Gasteiger partial charge in [0.2, 0.25) is 0 Å². The summed E-state index contributed by atoms with van der Waals surface area (Å²) in [6, 6.07) is 19.2. The SMILES string of the molecule is CN(CC(O)COCc1ccccc1NCc1ccc2ncccc2c1)C1CCCCC1. The van der Waals surface area contributed by atoms with Crippen molar-refractivity contribution in [3.8, 4) is 0 Å². The van der Waals surface area contributed by atoms with Gasteiger partial charge in [-0.05, 0) is 49.7 Å². The van der Waals surface area contributed by atoms with E-state index in [9.17, 15) is 5.11 Å². The molecule has 1 aromatic heterocycles. The second-order valence-corrected chi connectivity index (χ2v) is 8.94. The Labute approximate surface area is 191 Å². The van der Waals surface area contributed by atoms with Gasteiger partial charge in [0.15, 0.2) is 0 Å². The highest BCUT2D eigenvalue weighted by atomic mass is 16.5. The number of aromatic nitrogens is 1. The molecule has 0 spiro atoms. The number of nitrogens with one attached hydrogen (secondary N) is 1. The van der Waals surface area contributed by atoms with Gasteiger partial charge in [-0.3, -0.25) is 4.98 Å². The van der Waals surface area contributed by atoms with Crippen LogP contribution in [0.4, 0.5) is 5.69 Å². The fraction of sp³-hybridized carbons (Fsp3) is 0.444. The van der Waals surface area contributed by atoms with Crippen LogP contribution in [-0.4, -0.2) is 47.3 Å². The summed E-state index contributed by atoms with van der Waals surface area (Å²) in [7, 11) is 2.13. The van der Waals surface area contributed by atoms with E-state index >= 15 is 0 Å². The largest absolute Gasteiger partial charge is 0.389 e. The minimum absolute atomic E-state index is 0.350. The molecular formula is C27H35N3O2. The highest BCUT2D eigenvalue weighted by Gasteiger charge is 2.20. The molecule has 0 amide bonds. The van der Waals surface area contributed by atoms with Crippen molar-refractivity contribution in [3.63, 3.8) is 0 Å². The molecule has 32 heavy (non-hydrogen) atoms. The van der Waals surface area contributed by atoms with E-state index in [0.717, 1.165) is 28.7 Å². The number of pyridine rings is 1. The molecule has 1 saturated carbocycles. The summed E-state index contributed by atoms with van der Waals surface area (Å²) in [6.45, 7) is 2.23. The van der Waals surface area contributed by atoms with Crippen LogP contribution in [0.3, 0.4) is 0 Å². The number of benzene rings is 2. The van der Waals surface area contributed by atoms with Crippen LogP contribution in [0.15, 0.2) is 60.8 Å². The van der Waals surface area contributed by atoms with Crippen LogP contribution >= 0.6 is 0 Å². The lowest BCUT2D eigenvalue weighted by Crippen LogP contribution is -2.40. The maximum absolute atomic E-state index is 10.4. The Bertz CT molecular complexity index is 987. The number of nitrogens with zero attached hydrogens (tertiary/aromatic N) is 2. The highest BCUT2D eigenvalue weighted by molar-refractivity contribution is 5.79. The zero-order valence-corrected chi connectivity index (χ0v) is 19.0. The van der Waals surface area contributed by atoms with Crippen LogP contribution < -0.4 is 5.32 Å². The molecule has 2 aromatic carbocycles. The van der Waals surface area contributed by atoms with Gasteiger partial charge in [0, 0.05) is 42.0 Å². The molecule has 5 nitrogen and oxygen atoms in total. The maximum atomic E-state index is 10.4. The first-order chi connectivity index (χ1) is 15.7. The Hall–Kier alpha value is -2.47. The van der Waals surface area contributed by atoms with Crippen LogP contribution in [0.2, 0.25) is 0 Å². The normalized spacial score (nSPS) is 15.8. The van der Waals surface area contributed by atoms with Crippen molar-refractivity contribution in [2.45, 2.75) is 57.4 Å². The van der Waals surface area contributed by atoms with E-state index in [2.05, 4.69) is 58.6 Å². The van der Waals surface area contributed by atoms with Gasteiger partial charge in [-0.25, -0.2) is 0 Å². The summed E-state index contributed by atoms with van der Waals surface area (Å²) in [5, 5.41) is 15.1. The smallest absolute Gasteiger partial charge is 0.0900 e. The van der Waals surface area contributed by atoms with E-state index in [1.807, 2.05) is 24.4 Å². The number of para-hydroxylation sites is 1. The number of hydrogen-bond acceptors (Lipinski definition) is 5. The van der Waals surface area contributed by atoms with E-state index in [1.165, 1.54) is 37.7 Å². The van der Waals surface area contributed by atoms with Gasteiger partial charge in [0.25, 0.3) is 0 Å². The van der Waals surface area contributed by atoms with Crippen LogP contribution in [0.25, 0.3) is 10.9 Å². The summed E-state index contributed by atoms with van der Waals surface area (Å²) >= 11 is 0. The predicted molar refractivity (Wildman–Crippen MR) is 131 cm³/mol. The second-order valence-electron chi connectivity index (χ2n) is 8.94. The van der Waals surface area contributed by atoms with Crippen molar-refractivity contribution in [1.82, 2.24) is 9.88 Å². The fourth-order valence-electron chi connectivity index (χ4n) is 4.61.